The van der Waals surface area contributed by atoms with Crippen molar-refractivity contribution < 1.29 is 19.4 Å². The molecule has 0 bridgehead atoms. The first-order valence-corrected chi connectivity index (χ1v) is 14.2. The van der Waals surface area contributed by atoms with Crippen molar-refractivity contribution in [1.29, 1.82) is 0 Å². The quantitative estimate of drug-likeness (QED) is 0.207. The molecule has 42 heavy (non-hydrogen) atoms. The molecule has 10 heteroatoms. The van der Waals surface area contributed by atoms with E-state index in [4.69, 9.17) is 27.9 Å². The van der Waals surface area contributed by atoms with Gasteiger partial charge in [0.05, 0.1) is 22.3 Å². The van der Waals surface area contributed by atoms with Gasteiger partial charge < -0.3 is 15.2 Å². The molecule has 1 aliphatic carbocycles. The van der Waals surface area contributed by atoms with Crippen LogP contribution >= 0.6 is 23.2 Å². The maximum absolute atomic E-state index is 13.4. The number of ether oxygens (including phenoxy) is 1. The number of nitrogens with one attached hydrogen (secondary N) is 1. The highest BCUT2D eigenvalue weighted by atomic mass is 35.5. The van der Waals surface area contributed by atoms with Gasteiger partial charge in [0.2, 0.25) is 6.10 Å². The summed E-state index contributed by atoms with van der Waals surface area (Å²) in [5.41, 5.74) is 5.59. The largest absolute Gasteiger partial charge is 0.478 e. The van der Waals surface area contributed by atoms with Gasteiger partial charge in [0.15, 0.2) is 0 Å². The average molecular weight is 601 g/mol. The zero-order chi connectivity index (χ0) is 29.4. The van der Waals surface area contributed by atoms with Crippen LogP contribution in [0.15, 0.2) is 78.9 Å². The third-order valence-electron chi connectivity index (χ3n) is 7.60. The zero-order valence-electron chi connectivity index (χ0n) is 22.6. The second-order valence-electron chi connectivity index (χ2n) is 10.2. The number of benzene rings is 4. The van der Waals surface area contributed by atoms with Crippen molar-refractivity contribution in [2.24, 2.45) is 0 Å². The number of carbonyl (C=O) groups excluding carboxylic acids is 1. The molecule has 2 unspecified atom stereocenters. The molecule has 0 radical (unpaired) electrons. The second kappa shape index (κ2) is 11.5. The van der Waals surface area contributed by atoms with Crippen molar-refractivity contribution in [2.75, 3.05) is 0 Å². The number of aliphatic carboxylic acids is 1. The van der Waals surface area contributed by atoms with Crippen LogP contribution in [0.25, 0.3) is 16.7 Å². The van der Waals surface area contributed by atoms with Crippen molar-refractivity contribution in [3.63, 3.8) is 0 Å². The number of carboxylic acid groups (broad SMARTS) is 1. The zero-order valence-corrected chi connectivity index (χ0v) is 24.1. The summed E-state index contributed by atoms with van der Waals surface area (Å²) in [5, 5.41) is 22.4. The van der Waals surface area contributed by atoms with Gasteiger partial charge in [-0.25, -0.2) is 9.48 Å². The Hall–Kier alpha value is -4.40. The predicted octanol–water partition coefficient (Wildman–Crippen LogP) is 7.05. The smallest absolute Gasteiger partial charge is 0.349 e. The van der Waals surface area contributed by atoms with Crippen molar-refractivity contribution in [2.45, 2.75) is 38.3 Å². The molecule has 6 rings (SSSR count). The number of nitrogens with zero attached hydrogens (tertiary/aromatic N) is 3. The van der Waals surface area contributed by atoms with Crippen molar-refractivity contribution in [3.8, 4) is 11.4 Å². The molecular formula is C32H26Cl2N4O4. The average Bonchev–Trinajstić information content (AvgIpc) is 3.42. The van der Waals surface area contributed by atoms with Gasteiger partial charge in [-0.15, -0.1) is 5.10 Å². The topological polar surface area (TPSA) is 106 Å². The van der Waals surface area contributed by atoms with E-state index < -0.39 is 12.1 Å². The highest BCUT2D eigenvalue weighted by Gasteiger charge is 2.26. The van der Waals surface area contributed by atoms with Crippen LogP contribution in [0.3, 0.4) is 0 Å². The van der Waals surface area contributed by atoms with Crippen LogP contribution in [0.1, 0.15) is 57.6 Å². The van der Waals surface area contributed by atoms with Crippen LogP contribution in [0.2, 0.25) is 10.0 Å². The minimum atomic E-state index is -1.33. The fourth-order valence-electron chi connectivity index (χ4n) is 5.48. The Morgan fingerprint density at radius 3 is 2.62 bits per heavy atom. The summed E-state index contributed by atoms with van der Waals surface area (Å²) >= 11 is 12.8. The lowest BCUT2D eigenvalue weighted by molar-refractivity contribution is -0.145. The summed E-state index contributed by atoms with van der Waals surface area (Å²) in [7, 11) is 0. The molecule has 0 saturated carbocycles. The highest BCUT2D eigenvalue weighted by molar-refractivity contribution is 6.32. The van der Waals surface area contributed by atoms with Crippen LogP contribution in [-0.2, 0) is 11.2 Å². The summed E-state index contributed by atoms with van der Waals surface area (Å²) < 4.78 is 7.41. The van der Waals surface area contributed by atoms with Gasteiger partial charge in [-0.3, -0.25) is 4.79 Å². The number of rotatable bonds is 7. The Labute approximate surface area is 251 Å². The fourth-order valence-corrected chi connectivity index (χ4v) is 5.92. The first kappa shape index (κ1) is 27.8. The van der Waals surface area contributed by atoms with Crippen LogP contribution in [-0.4, -0.2) is 32.0 Å². The monoisotopic (exact) mass is 600 g/mol. The molecule has 1 heterocycles. The molecule has 0 saturated heterocycles. The molecule has 0 fully saturated rings. The van der Waals surface area contributed by atoms with Gasteiger partial charge >= 0.3 is 5.97 Å². The fraction of sp³-hybridized carbons (Fsp3) is 0.188. The summed E-state index contributed by atoms with van der Waals surface area (Å²) in [6, 6.07) is 23.1. The Bertz CT molecular complexity index is 1840. The van der Waals surface area contributed by atoms with Gasteiger partial charge in [-0.1, -0.05) is 70.9 Å². The third kappa shape index (κ3) is 5.19. The van der Waals surface area contributed by atoms with E-state index in [1.807, 2.05) is 19.1 Å². The van der Waals surface area contributed by atoms with Gasteiger partial charge in [0.1, 0.15) is 11.3 Å². The van der Waals surface area contributed by atoms with Crippen LogP contribution in [0, 0.1) is 6.92 Å². The summed E-state index contributed by atoms with van der Waals surface area (Å²) in [5.74, 6) is -1.10. The second-order valence-corrected chi connectivity index (χ2v) is 11.0. The first-order chi connectivity index (χ1) is 20.3. The van der Waals surface area contributed by atoms with Crippen LogP contribution in [0.5, 0.6) is 5.75 Å². The van der Waals surface area contributed by atoms with E-state index in [1.165, 1.54) is 5.56 Å². The molecule has 2 atom stereocenters. The number of aryl methyl sites for hydroxylation is 2. The van der Waals surface area contributed by atoms with E-state index in [2.05, 4.69) is 27.8 Å². The Morgan fingerprint density at radius 2 is 1.81 bits per heavy atom. The predicted molar refractivity (Wildman–Crippen MR) is 161 cm³/mol. The lowest BCUT2D eigenvalue weighted by atomic mass is 9.87. The number of amides is 1. The van der Waals surface area contributed by atoms with E-state index >= 15 is 0 Å². The van der Waals surface area contributed by atoms with Crippen LogP contribution < -0.4 is 10.1 Å². The lowest BCUT2D eigenvalue weighted by Gasteiger charge is -2.26. The number of carbonyl (C=O) groups is 2. The maximum Gasteiger partial charge on any atom is 0.349 e. The van der Waals surface area contributed by atoms with Crippen molar-refractivity contribution >= 4 is 46.1 Å². The Morgan fingerprint density at radius 1 is 1.02 bits per heavy atom. The molecule has 2 N–H and O–H groups in total. The molecule has 0 spiro atoms. The van der Waals surface area contributed by atoms with Gasteiger partial charge in [0.25, 0.3) is 5.91 Å². The molecule has 5 aromatic rings. The van der Waals surface area contributed by atoms with E-state index in [0.29, 0.717) is 38.4 Å². The Balaban J connectivity index is 1.30. The number of halogens is 2. The summed E-state index contributed by atoms with van der Waals surface area (Å²) in [6.07, 6.45) is 1.59. The van der Waals surface area contributed by atoms with Gasteiger partial charge in [0, 0.05) is 22.2 Å². The SMILES string of the molecule is Cc1c(C(=O)NC2CCCc3ccccc32)ccc2c1nnn2-c1cc(OC(C(=O)O)c2ccccc2Cl)ccc1Cl. The Kier molecular flexibility index (Phi) is 7.58. The normalized spacial score (nSPS) is 15.2. The molecule has 1 aliphatic rings. The number of aromatic nitrogens is 3. The molecule has 1 amide bonds. The first-order valence-electron chi connectivity index (χ1n) is 13.5. The van der Waals surface area contributed by atoms with Crippen molar-refractivity contribution in [1.82, 2.24) is 20.3 Å². The van der Waals surface area contributed by atoms with Crippen LogP contribution in [0.4, 0.5) is 0 Å². The molecule has 0 aliphatic heterocycles. The minimum Gasteiger partial charge on any atom is -0.478 e. The molecular weight excluding hydrogens is 575 g/mol. The van der Waals surface area contributed by atoms with E-state index in [1.54, 1.807) is 59.3 Å². The summed E-state index contributed by atoms with van der Waals surface area (Å²) in [6.45, 7) is 1.84. The maximum atomic E-state index is 13.4. The van der Waals surface area contributed by atoms with E-state index in [0.717, 1.165) is 24.8 Å². The van der Waals surface area contributed by atoms with E-state index in [9.17, 15) is 14.7 Å². The highest BCUT2D eigenvalue weighted by Crippen LogP contribution is 2.34. The summed E-state index contributed by atoms with van der Waals surface area (Å²) in [4.78, 5) is 25.5. The lowest BCUT2D eigenvalue weighted by Crippen LogP contribution is -2.31. The molecule has 212 valence electrons. The third-order valence-corrected chi connectivity index (χ3v) is 8.27. The number of hydrogen-bond donors (Lipinski definition) is 2. The van der Waals surface area contributed by atoms with Gasteiger partial charge in [-0.05, 0) is 73.2 Å². The molecule has 4 aromatic carbocycles. The van der Waals surface area contributed by atoms with E-state index in [-0.39, 0.29) is 22.7 Å². The molecule has 1 aromatic heterocycles. The minimum absolute atomic E-state index is 0.0461. The number of fused-ring (bicyclic) bond motifs is 2. The van der Waals surface area contributed by atoms with Crippen molar-refractivity contribution in [3.05, 3.63) is 117 Å². The standard InChI is InChI=1S/C32H26Cl2N4O4/c1-18-21(31(39)35-26-12-6-8-19-7-2-3-9-22(19)26)14-16-27-29(18)36-37-38(27)28-17-20(13-15-25(28)34)42-30(32(40)41)23-10-4-5-11-24(23)33/h2-5,7,9-11,13-17,26,30H,6,8,12H2,1H3,(H,35,39)(H,40,41). The van der Waals surface area contributed by atoms with Gasteiger partial charge in [-0.2, -0.15) is 0 Å². The number of carboxylic acids is 1. The number of hydrogen-bond acceptors (Lipinski definition) is 5. The molecule has 8 nitrogen and oxygen atoms in total.